The van der Waals surface area contributed by atoms with Crippen LogP contribution in [0.2, 0.25) is 12.1 Å². The number of nitrogens with zero attached hydrogens (tertiary/aromatic N) is 2. The minimum Gasteiger partial charge on any atom is -0.507 e. The molecule has 13 heteroatoms. The normalized spacial score (nSPS) is 11.8. The molecular formula is C20H30FeN2O8Si2. The summed E-state index contributed by atoms with van der Waals surface area (Å²) in [5.74, 6) is 0.308. The second-order valence-electron chi connectivity index (χ2n) is 6.94. The average molecular weight is 538 g/mol. The maximum atomic E-state index is 9.39. The van der Waals surface area contributed by atoms with Crippen LogP contribution in [-0.4, -0.2) is 82.1 Å². The zero-order chi connectivity index (χ0) is 24.0. The summed E-state index contributed by atoms with van der Waals surface area (Å²) in [4.78, 5) is 60.4. The largest absolute Gasteiger partial charge is 0.507 e. The Bertz CT molecular complexity index is 802. The van der Waals surface area contributed by atoms with Crippen molar-refractivity contribution in [1.82, 2.24) is 0 Å². The van der Waals surface area contributed by atoms with E-state index in [9.17, 15) is 10.2 Å². The molecule has 0 radical (unpaired) electrons. The summed E-state index contributed by atoms with van der Waals surface area (Å²) in [5.41, 5.74) is 1.23. The van der Waals surface area contributed by atoms with E-state index < -0.39 is 17.6 Å². The Labute approximate surface area is 205 Å². The van der Waals surface area contributed by atoms with Crippen LogP contribution in [-0.2, 0) is 17.1 Å². The molecule has 0 spiro atoms. The van der Waals surface area contributed by atoms with E-state index in [4.69, 9.17) is 28.8 Å². The van der Waals surface area contributed by atoms with Crippen molar-refractivity contribution in [1.29, 1.82) is 0 Å². The monoisotopic (exact) mass is 538 g/mol. The summed E-state index contributed by atoms with van der Waals surface area (Å²) < 4.78 is 0. The zero-order valence-electron chi connectivity index (χ0n) is 17.8. The van der Waals surface area contributed by atoms with Crippen LogP contribution in [0.25, 0.3) is 0 Å². The number of hydrogen-bond donors (Lipinski definition) is 8. The van der Waals surface area contributed by atoms with Crippen LogP contribution >= 0.6 is 0 Å². The van der Waals surface area contributed by atoms with Gasteiger partial charge in [0.05, 0.1) is 0 Å². The number of phenols is 2. The second kappa shape index (κ2) is 15.8. The fourth-order valence-corrected chi connectivity index (χ4v) is 3.60. The number of phenolic OH excluding ortho intramolecular Hbond substituents is 2. The van der Waals surface area contributed by atoms with Crippen molar-refractivity contribution in [3.8, 4) is 11.5 Å². The van der Waals surface area contributed by atoms with Crippen LogP contribution in [0.5, 0.6) is 11.5 Å². The van der Waals surface area contributed by atoms with E-state index in [-0.39, 0.29) is 40.7 Å². The van der Waals surface area contributed by atoms with Gasteiger partial charge in [-0.1, -0.05) is 24.3 Å². The van der Waals surface area contributed by atoms with E-state index in [1.807, 2.05) is 0 Å². The third-order valence-electron chi connectivity index (χ3n) is 3.93. The maximum absolute atomic E-state index is 9.39. The first-order chi connectivity index (χ1) is 15.0. The number of benzene rings is 2. The molecule has 0 heterocycles. The first kappa shape index (κ1) is 31.1. The van der Waals surface area contributed by atoms with Gasteiger partial charge in [0, 0.05) is 65.8 Å². The smallest absolute Gasteiger partial charge is 0.492 e. The molecule has 0 aromatic heterocycles. The molecule has 0 amide bonds. The molecule has 0 saturated carbocycles. The third kappa shape index (κ3) is 16.4. The number of rotatable bonds is 10. The Balaban J connectivity index is 0.000000602. The Morgan fingerprint density at radius 1 is 0.606 bits per heavy atom. The third-order valence-corrected chi connectivity index (χ3v) is 5.98. The van der Waals surface area contributed by atoms with Crippen LogP contribution in [0.1, 0.15) is 24.0 Å². The predicted octanol–water partition coefficient (Wildman–Crippen LogP) is 0.231. The van der Waals surface area contributed by atoms with Crippen molar-refractivity contribution in [3.63, 3.8) is 0 Å². The van der Waals surface area contributed by atoms with Crippen LogP contribution in [0.15, 0.2) is 58.5 Å². The number of aliphatic imine (C=N–C) groups is 2. The SMILES string of the molecule is Oc1ccccc1C=NCCC[Si](O)(O)O.Oc1ccccc1C=NCCC[Si](O)(O)O.[Fe]. The van der Waals surface area contributed by atoms with Crippen molar-refractivity contribution in [2.75, 3.05) is 13.1 Å². The Morgan fingerprint density at radius 3 is 1.24 bits per heavy atom. The Hall–Kier alpha value is -1.91. The van der Waals surface area contributed by atoms with Crippen LogP contribution in [0, 0.1) is 0 Å². The molecule has 8 N–H and O–H groups in total. The molecule has 0 saturated heterocycles. The number of para-hydroxylation sites is 2. The predicted molar refractivity (Wildman–Crippen MR) is 125 cm³/mol. The van der Waals surface area contributed by atoms with Gasteiger partial charge in [-0.15, -0.1) is 0 Å². The van der Waals surface area contributed by atoms with Gasteiger partial charge in [-0.2, -0.15) is 0 Å². The average Bonchev–Trinajstić information content (AvgIpc) is 2.69. The molecule has 0 fully saturated rings. The minimum absolute atomic E-state index is 0. The topological polar surface area (TPSA) is 187 Å². The van der Waals surface area contributed by atoms with Gasteiger partial charge in [-0.25, -0.2) is 0 Å². The fourth-order valence-electron chi connectivity index (χ4n) is 2.33. The van der Waals surface area contributed by atoms with E-state index in [0.717, 1.165) is 0 Å². The van der Waals surface area contributed by atoms with E-state index >= 15 is 0 Å². The van der Waals surface area contributed by atoms with Gasteiger partial charge in [0.25, 0.3) is 0 Å². The first-order valence-corrected chi connectivity index (χ1v) is 14.0. The van der Waals surface area contributed by atoms with Gasteiger partial charge in [0.15, 0.2) is 0 Å². The number of aromatic hydroxyl groups is 2. The van der Waals surface area contributed by atoms with Crippen LogP contribution in [0.4, 0.5) is 0 Å². The van der Waals surface area contributed by atoms with Crippen LogP contribution < -0.4 is 0 Å². The summed E-state index contributed by atoms with van der Waals surface area (Å²) in [5, 5.41) is 18.8. The fraction of sp³-hybridized carbons (Fsp3) is 0.300. The summed E-state index contributed by atoms with van der Waals surface area (Å²) in [6, 6.07) is 13.5. The van der Waals surface area contributed by atoms with Crippen molar-refractivity contribution in [2.24, 2.45) is 9.98 Å². The van der Waals surface area contributed by atoms with Crippen molar-refractivity contribution >= 4 is 30.0 Å². The quantitative estimate of drug-likeness (QED) is 0.120. The molecule has 2 aromatic carbocycles. The van der Waals surface area contributed by atoms with Gasteiger partial charge in [-0.3, -0.25) is 9.98 Å². The van der Waals surface area contributed by atoms with Gasteiger partial charge in [-0.05, 0) is 37.1 Å². The molecule has 0 aliphatic rings. The molecule has 0 bridgehead atoms. The minimum atomic E-state index is -3.92. The first-order valence-electron chi connectivity index (χ1n) is 9.88. The molecule has 0 atom stereocenters. The van der Waals surface area contributed by atoms with E-state index in [0.29, 0.717) is 37.1 Å². The molecule has 0 aliphatic carbocycles. The summed E-state index contributed by atoms with van der Waals surface area (Å²) >= 11 is 0. The van der Waals surface area contributed by atoms with E-state index in [2.05, 4.69) is 9.98 Å². The second-order valence-corrected chi connectivity index (χ2v) is 11.0. The standard InChI is InChI=1S/2C10H15NO4Si.Fe/c2*12-10-5-2-1-4-9(10)8-11-6-3-7-16(13,14)15;/h2*1-2,4-5,8,12-15H,3,6-7H2;. The molecule has 184 valence electrons. The molecule has 10 nitrogen and oxygen atoms in total. The van der Waals surface area contributed by atoms with Crippen molar-refractivity contribution in [2.45, 2.75) is 24.9 Å². The molecule has 0 aliphatic heterocycles. The Morgan fingerprint density at radius 2 is 0.939 bits per heavy atom. The molecule has 2 aromatic rings. The molecule has 33 heavy (non-hydrogen) atoms. The van der Waals surface area contributed by atoms with Crippen molar-refractivity contribution in [3.05, 3.63) is 59.7 Å². The maximum Gasteiger partial charge on any atom is 0.492 e. The summed E-state index contributed by atoms with van der Waals surface area (Å²) in [7, 11) is -7.84. The summed E-state index contributed by atoms with van der Waals surface area (Å²) in [6.07, 6.45) is 3.84. The Kier molecular flexibility index (Phi) is 14.9. The van der Waals surface area contributed by atoms with Gasteiger partial charge in [0.2, 0.25) is 0 Å². The van der Waals surface area contributed by atoms with Gasteiger partial charge >= 0.3 is 17.6 Å². The molecule has 2 rings (SSSR count). The van der Waals surface area contributed by atoms with Crippen molar-refractivity contribution < 1.29 is 56.1 Å². The number of hydrogen-bond acceptors (Lipinski definition) is 10. The molecular weight excluding hydrogens is 508 g/mol. The zero-order valence-corrected chi connectivity index (χ0v) is 20.9. The van der Waals surface area contributed by atoms with Gasteiger partial charge in [0.1, 0.15) is 11.5 Å². The van der Waals surface area contributed by atoms with Gasteiger partial charge < -0.3 is 39.0 Å². The van der Waals surface area contributed by atoms with Crippen LogP contribution in [0.3, 0.4) is 0 Å². The summed E-state index contributed by atoms with van der Waals surface area (Å²) in [6.45, 7) is 0.759. The molecule has 0 unspecified atom stereocenters. The van der Waals surface area contributed by atoms with E-state index in [1.165, 1.54) is 12.4 Å². The van der Waals surface area contributed by atoms with E-state index in [1.54, 1.807) is 48.5 Å².